The van der Waals surface area contributed by atoms with Crippen molar-refractivity contribution in [1.82, 2.24) is 5.32 Å². The van der Waals surface area contributed by atoms with Crippen LogP contribution in [0.25, 0.3) is 0 Å². The fraction of sp³-hybridized carbons (Fsp3) is 0.853. The lowest BCUT2D eigenvalue weighted by Crippen LogP contribution is -2.45. The van der Waals surface area contributed by atoms with E-state index in [1.54, 1.807) is 6.08 Å². The van der Waals surface area contributed by atoms with Crippen molar-refractivity contribution in [3.05, 3.63) is 48.6 Å². The summed E-state index contributed by atoms with van der Waals surface area (Å²) in [6.45, 7) is 4.87. The van der Waals surface area contributed by atoms with E-state index in [0.29, 0.717) is 19.4 Å². The van der Waals surface area contributed by atoms with Crippen LogP contribution in [-0.2, 0) is 14.3 Å². The van der Waals surface area contributed by atoms with Crippen molar-refractivity contribution in [2.75, 3.05) is 13.2 Å². The monoisotopic (exact) mass is 1040 g/mol. The van der Waals surface area contributed by atoms with Crippen LogP contribution in [0, 0.1) is 0 Å². The molecule has 2 unspecified atom stereocenters. The second kappa shape index (κ2) is 63.4. The summed E-state index contributed by atoms with van der Waals surface area (Å²) < 4.78 is 5.50. The first kappa shape index (κ1) is 71.8. The second-order valence-electron chi connectivity index (χ2n) is 22.4. The number of hydrogen-bond acceptors (Lipinski definition) is 5. The summed E-state index contributed by atoms with van der Waals surface area (Å²) in [5.74, 6) is -0.0597. The third-order valence-electron chi connectivity index (χ3n) is 15.1. The van der Waals surface area contributed by atoms with Gasteiger partial charge in [-0.05, 0) is 89.9 Å². The van der Waals surface area contributed by atoms with E-state index in [4.69, 9.17) is 4.74 Å². The zero-order chi connectivity index (χ0) is 53.6. The molecule has 0 saturated heterocycles. The Hall–Kier alpha value is -2.18. The van der Waals surface area contributed by atoms with Gasteiger partial charge in [0.25, 0.3) is 0 Å². The SMILES string of the molecule is CCCCCC/C=C\C/C=C\CCCCCCCCCC(=O)OCCCCCCCCCCCCCC/C=C\CCCCCCCCCCCCCCCCC(=O)NC(CO)C(O)/C=C/CCCCCCCCC. The largest absolute Gasteiger partial charge is 0.466 e. The van der Waals surface area contributed by atoms with E-state index in [0.717, 1.165) is 51.4 Å². The van der Waals surface area contributed by atoms with E-state index in [1.165, 1.54) is 270 Å². The van der Waals surface area contributed by atoms with Crippen LogP contribution in [0.3, 0.4) is 0 Å². The molecule has 0 spiro atoms. The minimum Gasteiger partial charge on any atom is -0.466 e. The van der Waals surface area contributed by atoms with E-state index < -0.39 is 12.1 Å². The van der Waals surface area contributed by atoms with Gasteiger partial charge < -0.3 is 20.3 Å². The molecule has 0 rings (SSSR count). The van der Waals surface area contributed by atoms with Crippen LogP contribution in [0.2, 0.25) is 0 Å². The summed E-state index contributed by atoms with van der Waals surface area (Å²) in [6.07, 6.45) is 81.9. The summed E-state index contributed by atoms with van der Waals surface area (Å²) >= 11 is 0. The lowest BCUT2D eigenvalue weighted by Gasteiger charge is -2.20. The second-order valence-corrected chi connectivity index (χ2v) is 22.4. The molecule has 0 aromatic carbocycles. The van der Waals surface area contributed by atoms with Crippen LogP contribution in [0.15, 0.2) is 48.6 Å². The van der Waals surface area contributed by atoms with E-state index in [1.807, 2.05) is 6.08 Å². The first-order chi connectivity index (χ1) is 36.5. The molecule has 0 fully saturated rings. The number of unbranched alkanes of at least 4 members (excludes halogenated alkanes) is 44. The number of hydrogen-bond donors (Lipinski definition) is 3. The Balaban J connectivity index is 3.35. The molecule has 0 aliphatic heterocycles. The van der Waals surface area contributed by atoms with Gasteiger partial charge in [-0.25, -0.2) is 0 Å². The van der Waals surface area contributed by atoms with Gasteiger partial charge in [-0.3, -0.25) is 9.59 Å². The Morgan fingerprint density at radius 1 is 0.378 bits per heavy atom. The number of carbonyl (C=O) groups is 2. The Bertz CT molecular complexity index is 1240. The summed E-state index contributed by atoms with van der Waals surface area (Å²) in [5.41, 5.74) is 0. The van der Waals surface area contributed by atoms with Crippen LogP contribution in [0.4, 0.5) is 0 Å². The number of amides is 1. The Morgan fingerprint density at radius 2 is 0.676 bits per heavy atom. The number of aliphatic hydroxyl groups excluding tert-OH is 2. The van der Waals surface area contributed by atoms with Crippen molar-refractivity contribution in [1.29, 1.82) is 0 Å². The molecule has 0 aromatic heterocycles. The molecular formula is C68H127NO5. The molecule has 0 aromatic rings. The summed E-state index contributed by atoms with van der Waals surface area (Å²) in [6, 6.07) is -0.625. The highest BCUT2D eigenvalue weighted by molar-refractivity contribution is 5.76. The predicted octanol–water partition coefficient (Wildman–Crippen LogP) is 20.9. The number of aliphatic hydroxyl groups is 2. The summed E-state index contributed by atoms with van der Waals surface area (Å²) in [4.78, 5) is 24.5. The van der Waals surface area contributed by atoms with Crippen molar-refractivity contribution in [2.24, 2.45) is 0 Å². The molecule has 6 nitrogen and oxygen atoms in total. The van der Waals surface area contributed by atoms with Crippen LogP contribution >= 0.6 is 0 Å². The van der Waals surface area contributed by atoms with Crippen molar-refractivity contribution >= 4 is 11.9 Å². The maximum absolute atomic E-state index is 12.4. The number of allylic oxidation sites excluding steroid dienone is 7. The minimum absolute atomic E-state index is 0.00919. The minimum atomic E-state index is -0.841. The predicted molar refractivity (Wildman–Crippen MR) is 324 cm³/mol. The highest BCUT2D eigenvalue weighted by atomic mass is 16.5. The van der Waals surface area contributed by atoms with Crippen LogP contribution in [-0.4, -0.2) is 47.4 Å². The van der Waals surface area contributed by atoms with Gasteiger partial charge >= 0.3 is 5.97 Å². The molecule has 0 bridgehead atoms. The fourth-order valence-corrected chi connectivity index (χ4v) is 10.0. The molecule has 0 heterocycles. The molecule has 0 aliphatic rings. The topological polar surface area (TPSA) is 95.9 Å². The average Bonchev–Trinajstić information content (AvgIpc) is 3.40. The van der Waals surface area contributed by atoms with E-state index in [2.05, 4.69) is 55.6 Å². The number of rotatable bonds is 61. The molecule has 0 radical (unpaired) electrons. The Morgan fingerprint density at radius 3 is 1.05 bits per heavy atom. The lowest BCUT2D eigenvalue weighted by molar-refractivity contribution is -0.143. The average molecular weight is 1040 g/mol. The highest BCUT2D eigenvalue weighted by Gasteiger charge is 2.18. The van der Waals surface area contributed by atoms with Crippen molar-refractivity contribution in [3.8, 4) is 0 Å². The van der Waals surface area contributed by atoms with Crippen molar-refractivity contribution < 1.29 is 24.5 Å². The number of esters is 1. The van der Waals surface area contributed by atoms with Gasteiger partial charge in [0, 0.05) is 12.8 Å². The maximum atomic E-state index is 12.4. The normalized spacial score (nSPS) is 12.9. The first-order valence-electron chi connectivity index (χ1n) is 32.9. The quantitative estimate of drug-likeness (QED) is 0.0320. The molecule has 1 amide bonds. The molecule has 0 aliphatic carbocycles. The van der Waals surface area contributed by atoms with Crippen LogP contribution in [0.5, 0.6) is 0 Å². The van der Waals surface area contributed by atoms with Gasteiger partial charge in [0.1, 0.15) is 0 Å². The molecule has 0 saturated carbocycles. The first-order valence-corrected chi connectivity index (χ1v) is 32.9. The number of carbonyl (C=O) groups excluding carboxylic acids is 2. The number of ether oxygens (including phenoxy) is 1. The zero-order valence-electron chi connectivity index (χ0n) is 49.6. The van der Waals surface area contributed by atoms with Crippen LogP contribution < -0.4 is 5.32 Å². The fourth-order valence-electron chi connectivity index (χ4n) is 10.0. The third-order valence-corrected chi connectivity index (χ3v) is 15.1. The Labute approximate surface area is 461 Å². The van der Waals surface area contributed by atoms with E-state index >= 15 is 0 Å². The lowest BCUT2D eigenvalue weighted by atomic mass is 10.0. The zero-order valence-corrected chi connectivity index (χ0v) is 49.6. The molecule has 74 heavy (non-hydrogen) atoms. The van der Waals surface area contributed by atoms with Gasteiger partial charge in [-0.15, -0.1) is 0 Å². The third kappa shape index (κ3) is 59.1. The van der Waals surface area contributed by atoms with Gasteiger partial charge in [0.15, 0.2) is 0 Å². The molecule has 3 N–H and O–H groups in total. The van der Waals surface area contributed by atoms with E-state index in [-0.39, 0.29) is 18.5 Å². The van der Waals surface area contributed by atoms with Crippen molar-refractivity contribution in [2.45, 2.75) is 360 Å². The van der Waals surface area contributed by atoms with Gasteiger partial charge in [-0.2, -0.15) is 0 Å². The van der Waals surface area contributed by atoms with Gasteiger partial charge in [0.05, 0.1) is 25.4 Å². The highest BCUT2D eigenvalue weighted by Crippen LogP contribution is 2.17. The summed E-state index contributed by atoms with van der Waals surface area (Å²) in [5, 5.41) is 23.0. The summed E-state index contributed by atoms with van der Waals surface area (Å²) in [7, 11) is 0. The molecule has 2 atom stereocenters. The molecule has 434 valence electrons. The Kier molecular flexibility index (Phi) is 61.5. The molecule has 6 heteroatoms. The molecular weight excluding hydrogens is 911 g/mol. The smallest absolute Gasteiger partial charge is 0.305 e. The van der Waals surface area contributed by atoms with Crippen molar-refractivity contribution in [3.63, 3.8) is 0 Å². The van der Waals surface area contributed by atoms with Gasteiger partial charge in [0.2, 0.25) is 5.91 Å². The van der Waals surface area contributed by atoms with E-state index in [9.17, 15) is 19.8 Å². The van der Waals surface area contributed by atoms with Gasteiger partial charge in [-0.1, -0.05) is 294 Å². The maximum Gasteiger partial charge on any atom is 0.305 e. The van der Waals surface area contributed by atoms with Crippen LogP contribution in [0.1, 0.15) is 348 Å². The standard InChI is InChI=1S/C68H127NO5/c1-3-5-7-9-11-13-14-15-16-17-33-36-39-42-46-50-54-58-62-68(73)74-63-59-55-51-47-43-40-37-34-31-29-27-25-23-21-19-18-20-22-24-26-28-30-32-35-38-41-45-49-53-57-61-67(72)69-65(64-70)66(71)60-56-52-48-44-12-10-8-6-4-2/h13-14,16-17,19,21,56,60,65-66,70-71H,3-12,15,18,20,22-55,57-59,61-64H2,1-2H3,(H,69,72)/b14-13-,17-16-,21-19-,60-56+. The number of nitrogens with one attached hydrogen (secondary N) is 1.